The van der Waals surface area contributed by atoms with Crippen LogP contribution in [0.2, 0.25) is 0 Å². The van der Waals surface area contributed by atoms with Crippen LogP contribution in [0.4, 0.5) is 0 Å². The molecule has 1 fully saturated rings. The van der Waals surface area contributed by atoms with Crippen molar-refractivity contribution in [3.05, 3.63) is 46.7 Å². The van der Waals surface area contributed by atoms with Crippen LogP contribution in [-0.4, -0.2) is 28.0 Å². The highest BCUT2D eigenvalue weighted by Gasteiger charge is 2.21. The molecule has 0 radical (unpaired) electrons. The van der Waals surface area contributed by atoms with Gasteiger partial charge in [-0.2, -0.15) is 0 Å². The summed E-state index contributed by atoms with van der Waals surface area (Å²) in [5, 5.41) is 3.29. The van der Waals surface area contributed by atoms with Gasteiger partial charge in [-0.25, -0.2) is 4.98 Å². The van der Waals surface area contributed by atoms with E-state index in [1.165, 1.54) is 36.6 Å². The Morgan fingerprint density at radius 2 is 2.26 bits per heavy atom. The largest absolute Gasteiger partial charge is 0.296 e. The average Bonchev–Trinajstić information content (AvgIpc) is 2.93. The van der Waals surface area contributed by atoms with Crippen LogP contribution in [0.5, 0.6) is 0 Å². The molecule has 2 aromatic rings. The Morgan fingerprint density at radius 3 is 3.05 bits per heavy atom. The van der Waals surface area contributed by atoms with E-state index >= 15 is 0 Å². The van der Waals surface area contributed by atoms with E-state index in [1.807, 2.05) is 18.5 Å². The van der Waals surface area contributed by atoms with Gasteiger partial charge in [0.1, 0.15) is 5.01 Å². The first-order valence-electron chi connectivity index (χ1n) is 6.91. The molecule has 3 rings (SSSR count). The van der Waals surface area contributed by atoms with E-state index in [2.05, 4.69) is 32.4 Å². The van der Waals surface area contributed by atoms with Crippen LogP contribution in [0, 0.1) is 5.92 Å². The van der Waals surface area contributed by atoms with Crippen LogP contribution in [0.3, 0.4) is 0 Å². The van der Waals surface area contributed by atoms with Gasteiger partial charge in [-0.15, -0.1) is 11.3 Å². The zero-order valence-corrected chi connectivity index (χ0v) is 11.9. The molecule has 0 N–H and O–H groups in total. The SMILES string of the molecule is c1ccc(C[C@@H]2CCCN(Cc3nccs3)C2)nc1. The molecular formula is C15H19N3S. The fourth-order valence-corrected chi connectivity index (χ4v) is 3.46. The standard InChI is InChI=1S/C15H19N3S/c1-2-6-16-14(5-1)10-13-4-3-8-18(11-13)12-15-17-7-9-19-15/h1-2,5-7,9,13H,3-4,8,10-12H2/t13-/m0/s1. The molecular weight excluding hydrogens is 254 g/mol. The van der Waals surface area contributed by atoms with Crippen LogP contribution in [0.1, 0.15) is 23.5 Å². The fraction of sp³-hybridized carbons (Fsp3) is 0.467. The molecule has 3 nitrogen and oxygen atoms in total. The van der Waals surface area contributed by atoms with Crippen molar-refractivity contribution in [1.29, 1.82) is 0 Å². The van der Waals surface area contributed by atoms with Crippen LogP contribution >= 0.6 is 11.3 Å². The normalized spacial score (nSPS) is 20.5. The van der Waals surface area contributed by atoms with Gasteiger partial charge in [0.15, 0.2) is 0 Å². The lowest BCUT2D eigenvalue weighted by atomic mass is 9.93. The second kappa shape index (κ2) is 6.26. The molecule has 1 atom stereocenters. The fourth-order valence-electron chi connectivity index (χ4n) is 2.80. The van der Waals surface area contributed by atoms with E-state index in [-0.39, 0.29) is 0 Å². The molecule has 0 aromatic carbocycles. The molecule has 0 spiro atoms. The van der Waals surface area contributed by atoms with Crippen molar-refractivity contribution in [3.8, 4) is 0 Å². The Kier molecular flexibility index (Phi) is 4.20. The number of nitrogens with zero attached hydrogens (tertiary/aromatic N) is 3. The van der Waals surface area contributed by atoms with Gasteiger partial charge in [-0.1, -0.05) is 6.07 Å². The zero-order valence-electron chi connectivity index (χ0n) is 11.0. The second-order valence-electron chi connectivity index (χ2n) is 5.19. The predicted octanol–water partition coefficient (Wildman–Crippen LogP) is 2.99. The number of hydrogen-bond acceptors (Lipinski definition) is 4. The zero-order chi connectivity index (χ0) is 12.9. The molecule has 1 saturated heterocycles. The minimum Gasteiger partial charge on any atom is -0.296 e. The molecule has 3 heterocycles. The van der Waals surface area contributed by atoms with Gasteiger partial charge in [0.2, 0.25) is 0 Å². The van der Waals surface area contributed by atoms with Crippen LogP contribution in [-0.2, 0) is 13.0 Å². The Hall–Kier alpha value is -1.26. The first kappa shape index (κ1) is 12.8. The Morgan fingerprint density at radius 1 is 1.26 bits per heavy atom. The minimum atomic E-state index is 0.739. The van der Waals surface area contributed by atoms with Crippen molar-refractivity contribution < 1.29 is 0 Å². The topological polar surface area (TPSA) is 29.0 Å². The van der Waals surface area contributed by atoms with Crippen molar-refractivity contribution in [2.24, 2.45) is 5.92 Å². The summed E-state index contributed by atoms with van der Waals surface area (Å²) in [6.07, 6.45) is 7.52. The smallest absolute Gasteiger partial charge is 0.107 e. The van der Waals surface area contributed by atoms with Gasteiger partial charge in [-0.05, 0) is 43.9 Å². The Labute approximate surface area is 118 Å². The second-order valence-corrected chi connectivity index (χ2v) is 6.17. The number of thiazole rings is 1. The molecule has 0 amide bonds. The van der Waals surface area contributed by atoms with Gasteiger partial charge in [0, 0.05) is 30.0 Å². The summed E-state index contributed by atoms with van der Waals surface area (Å²) in [5.41, 5.74) is 1.23. The molecule has 0 aliphatic carbocycles. The van der Waals surface area contributed by atoms with Crippen LogP contribution < -0.4 is 0 Å². The lowest BCUT2D eigenvalue weighted by molar-refractivity contribution is 0.166. The predicted molar refractivity (Wildman–Crippen MR) is 78.1 cm³/mol. The lowest BCUT2D eigenvalue weighted by Crippen LogP contribution is -2.35. The minimum absolute atomic E-state index is 0.739. The number of rotatable bonds is 4. The molecule has 0 saturated carbocycles. The highest BCUT2D eigenvalue weighted by molar-refractivity contribution is 7.09. The third-order valence-electron chi connectivity index (χ3n) is 3.67. The Balaban J connectivity index is 1.56. The summed E-state index contributed by atoms with van der Waals surface area (Å²) in [6, 6.07) is 6.21. The molecule has 2 aromatic heterocycles. The summed E-state index contributed by atoms with van der Waals surface area (Å²) < 4.78 is 0. The maximum Gasteiger partial charge on any atom is 0.107 e. The van der Waals surface area contributed by atoms with Crippen molar-refractivity contribution in [1.82, 2.24) is 14.9 Å². The number of likely N-dealkylation sites (tertiary alicyclic amines) is 1. The number of aromatic nitrogens is 2. The van der Waals surface area contributed by atoms with E-state index in [0.29, 0.717) is 0 Å². The monoisotopic (exact) mass is 273 g/mol. The average molecular weight is 273 g/mol. The maximum atomic E-state index is 4.44. The summed E-state index contributed by atoms with van der Waals surface area (Å²) in [4.78, 5) is 11.4. The molecule has 0 bridgehead atoms. The van der Waals surface area contributed by atoms with Crippen LogP contribution in [0.25, 0.3) is 0 Å². The first-order chi connectivity index (χ1) is 9.40. The van der Waals surface area contributed by atoms with Gasteiger partial charge in [0.05, 0.1) is 6.54 Å². The van der Waals surface area contributed by atoms with E-state index in [9.17, 15) is 0 Å². The number of piperidine rings is 1. The first-order valence-corrected chi connectivity index (χ1v) is 7.79. The number of pyridine rings is 1. The maximum absolute atomic E-state index is 4.44. The quantitative estimate of drug-likeness (QED) is 0.857. The van der Waals surface area contributed by atoms with Gasteiger partial charge < -0.3 is 0 Å². The van der Waals surface area contributed by atoms with E-state index in [1.54, 1.807) is 11.3 Å². The highest BCUT2D eigenvalue weighted by Crippen LogP contribution is 2.22. The van der Waals surface area contributed by atoms with Crippen molar-refractivity contribution in [2.45, 2.75) is 25.8 Å². The molecule has 1 aliphatic heterocycles. The van der Waals surface area contributed by atoms with E-state index in [4.69, 9.17) is 0 Å². The van der Waals surface area contributed by atoms with Gasteiger partial charge in [0.25, 0.3) is 0 Å². The molecule has 4 heteroatoms. The van der Waals surface area contributed by atoms with Crippen molar-refractivity contribution >= 4 is 11.3 Å². The summed E-state index contributed by atoms with van der Waals surface area (Å²) in [5.74, 6) is 0.739. The summed E-state index contributed by atoms with van der Waals surface area (Å²) in [6.45, 7) is 3.39. The lowest BCUT2D eigenvalue weighted by Gasteiger charge is -2.32. The summed E-state index contributed by atoms with van der Waals surface area (Å²) >= 11 is 1.76. The Bertz CT molecular complexity index is 483. The van der Waals surface area contributed by atoms with E-state index < -0.39 is 0 Å². The van der Waals surface area contributed by atoms with Crippen LogP contribution in [0.15, 0.2) is 36.0 Å². The highest BCUT2D eigenvalue weighted by atomic mass is 32.1. The number of hydrogen-bond donors (Lipinski definition) is 0. The summed E-state index contributed by atoms with van der Waals surface area (Å²) in [7, 11) is 0. The van der Waals surface area contributed by atoms with Gasteiger partial charge >= 0.3 is 0 Å². The molecule has 1 aliphatic rings. The van der Waals surface area contributed by atoms with Gasteiger partial charge in [-0.3, -0.25) is 9.88 Å². The molecule has 19 heavy (non-hydrogen) atoms. The van der Waals surface area contributed by atoms with Crippen molar-refractivity contribution in [2.75, 3.05) is 13.1 Å². The molecule has 0 unspecified atom stereocenters. The third-order valence-corrected chi connectivity index (χ3v) is 4.43. The molecule has 100 valence electrons. The third kappa shape index (κ3) is 3.61. The van der Waals surface area contributed by atoms with Crippen molar-refractivity contribution in [3.63, 3.8) is 0 Å². The van der Waals surface area contributed by atoms with E-state index in [0.717, 1.165) is 18.9 Å².